The number of amides is 1. The Balaban J connectivity index is 1.76. The molecule has 23 heavy (non-hydrogen) atoms. The smallest absolute Gasteiger partial charge is 0.251 e. The lowest BCUT2D eigenvalue weighted by atomic mass is 10.2. The second kappa shape index (κ2) is 9.02. The Hall–Kier alpha value is -2.25. The Kier molecular flexibility index (Phi) is 6.71. The quantitative estimate of drug-likeness (QED) is 0.706. The fraction of sp³-hybridized carbons (Fsp3) is 0.438. The minimum absolute atomic E-state index is 0.120. The summed E-state index contributed by atoms with van der Waals surface area (Å²) < 4.78 is 12.4. The third-order valence-electron chi connectivity index (χ3n) is 3.23. The molecule has 124 valence electrons. The van der Waals surface area contributed by atoms with Crippen molar-refractivity contribution in [2.45, 2.75) is 13.8 Å². The fourth-order valence-corrected chi connectivity index (χ4v) is 2.02. The first-order valence-corrected chi connectivity index (χ1v) is 7.63. The predicted molar refractivity (Wildman–Crippen MR) is 85.7 cm³/mol. The maximum Gasteiger partial charge on any atom is 0.251 e. The molecule has 1 amide bonds. The number of carbonyl (C=O) groups is 1. The van der Waals surface area contributed by atoms with E-state index in [4.69, 9.17) is 9.47 Å². The largest absolute Gasteiger partial charge is 0.379 e. The number of hydrogen-bond donors (Lipinski definition) is 1. The summed E-state index contributed by atoms with van der Waals surface area (Å²) in [7, 11) is 0. The molecule has 2 aromatic rings. The lowest BCUT2D eigenvalue weighted by Gasteiger charge is -2.08. The molecule has 0 atom stereocenters. The van der Waals surface area contributed by atoms with E-state index in [1.165, 1.54) is 0 Å². The molecule has 1 N–H and O–H groups in total. The summed E-state index contributed by atoms with van der Waals surface area (Å²) in [6, 6.07) is 7.29. The van der Waals surface area contributed by atoms with Gasteiger partial charge in [0.2, 0.25) is 0 Å². The number of nitrogens with one attached hydrogen (secondary N) is 1. The van der Waals surface area contributed by atoms with E-state index in [0.29, 0.717) is 38.5 Å². The molecule has 0 fully saturated rings. The van der Waals surface area contributed by atoms with Crippen LogP contribution in [0.1, 0.15) is 23.1 Å². The van der Waals surface area contributed by atoms with Gasteiger partial charge in [0.25, 0.3) is 5.91 Å². The first-order valence-electron chi connectivity index (χ1n) is 7.63. The van der Waals surface area contributed by atoms with Gasteiger partial charge in [0.05, 0.1) is 19.8 Å². The Bertz CT molecular complexity index is 610. The van der Waals surface area contributed by atoms with Crippen LogP contribution in [0.3, 0.4) is 0 Å². The van der Waals surface area contributed by atoms with Crippen LogP contribution in [-0.2, 0) is 9.47 Å². The van der Waals surface area contributed by atoms with Crippen molar-refractivity contribution in [3.8, 4) is 5.69 Å². The average Bonchev–Trinajstić information content (AvgIpc) is 3.00. The monoisotopic (exact) mass is 318 g/mol. The molecule has 0 saturated heterocycles. The molecule has 1 aromatic carbocycles. The first kappa shape index (κ1) is 17.1. The summed E-state index contributed by atoms with van der Waals surface area (Å²) in [5, 5.41) is 10.6. The lowest BCUT2D eigenvalue weighted by Crippen LogP contribution is -2.27. The zero-order valence-electron chi connectivity index (χ0n) is 13.5. The van der Waals surface area contributed by atoms with E-state index in [2.05, 4.69) is 15.5 Å². The molecular weight excluding hydrogens is 296 g/mol. The van der Waals surface area contributed by atoms with Gasteiger partial charge in [-0.25, -0.2) is 0 Å². The Morgan fingerprint density at radius 3 is 2.57 bits per heavy atom. The van der Waals surface area contributed by atoms with E-state index < -0.39 is 0 Å². The van der Waals surface area contributed by atoms with Crippen LogP contribution in [0.25, 0.3) is 5.69 Å². The van der Waals surface area contributed by atoms with Gasteiger partial charge in [0, 0.05) is 24.4 Å². The Morgan fingerprint density at radius 2 is 1.91 bits per heavy atom. The average molecular weight is 318 g/mol. The lowest BCUT2D eigenvalue weighted by molar-refractivity contribution is 0.0531. The van der Waals surface area contributed by atoms with E-state index in [9.17, 15) is 4.79 Å². The number of aromatic nitrogens is 3. The predicted octanol–water partition coefficient (Wildman–Crippen LogP) is 1.36. The highest BCUT2D eigenvalue weighted by atomic mass is 16.5. The van der Waals surface area contributed by atoms with Crippen molar-refractivity contribution >= 4 is 5.91 Å². The normalized spacial score (nSPS) is 10.7. The number of carbonyl (C=O) groups excluding carboxylic acids is 1. The zero-order chi connectivity index (χ0) is 16.5. The molecule has 2 rings (SSSR count). The van der Waals surface area contributed by atoms with Crippen molar-refractivity contribution in [1.82, 2.24) is 20.1 Å². The molecule has 0 spiro atoms. The second-order valence-corrected chi connectivity index (χ2v) is 4.86. The molecule has 0 aliphatic rings. The summed E-state index contributed by atoms with van der Waals surface area (Å²) in [6.07, 6.45) is 1.64. The highest BCUT2D eigenvalue weighted by molar-refractivity contribution is 5.94. The van der Waals surface area contributed by atoms with Crippen LogP contribution in [0.5, 0.6) is 0 Å². The Morgan fingerprint density at radius 1 is 1.17 bits per heavy atom. The maximum absolute atomic E-state index is 12.0. The molecule has 0 bridgehead atoms. The topological polar surface area (TPSA) is 78.3 Å². The molecule has 0 aliphatic heterocycles. The van der Waals surface area contributed by atoms with Crippen molar-refractivity contribution in [3.63, 3.8) is 0 Å². The highest BCUT2D eigenvalue weighted by Crippen LogP contribution is 2.10. The maximum atomic E-state index is 12.0. The van der Waals surface area contributed by atoms with E-state index in [-0.39, 0.29) is 5.91 Å². The first-order chi connectivity index (χ1) is 11.2. The van der Waals surface area contributed by atoms with Gasteiger partial charge >= 0.3 is 0 Å². The SMILES string of the molecule is CCOCCOCCNC(=O)c1ccc(-n2cnnc2C)cc1. The molecule has 0 saturated carbocycles. The van der Waals surface area contributed by atoms with Gasteiger partial charge in [0.15, 0.2) is 0 Å². The van der Waals surface area contributed by atoms with Gasteiger partial charge in [-0.1, -0.05) is 0 Å². The third kappa shape index (κ3) is 5.15. The molecule has 7 nitrogen and oxygen atoms in total. The van der Waals surface area contributed by atoms with Crippen molar-refractivity contribution in [1.29, 1.82) is 0 Å². The van der Waals surface area contributed by atoms with Crippen LogP contribution in [0.2, 0.25) is 0 Å². The molecule has 0 radical (unpaired) electrons. The van der Waals surface area contributed by atoms with Crippen LogP contribution in [0.4, 0.5) is 0 Å². The second-order valence-electron chi connectivity index (χ2n) is 4.86. The zero-order valence-corrected chi connectivity index (χ0v) is 13.5. The number of benzene rings is 1. The van der Waals surface area contributed by atoms with Crippen molar-refractivity contribution in [2.24, 2.45) is 0 Å². The van der Waals surface area contributed by atoms with Crippen molar-refractivity contribution in [2.75, 3.05) is 33.0 Å². The number of rotatable bonds is 9. The van der Waals surface area contributed by atoms with Crippen molar-refractivity contribution in [3.05, 3.63) is 42.0 Å². The van der Waals surface area contributed by atoms with Gasteiger partial charge in [-0.15, -0.1) is 10.2 Å². The molecular formula is C16H22N4O3. The van der Waals surface area contributed by atoms with Gasteiger partial charge in [-0.05, 0) is 38.1 Å². The molecule has 0 unspecified atom stereocenters. The number of ether oxygens (including phenoxy) is 2. The van der Waals surface area contributed by atoms with Crippen LogP contribution in [-0.4, -0.2) is 53.6 Å². The van der Waals surface area contributed by atoms with Crippen LogP contribution in [0, 0.1) is 6.92 Å². The number of aryl methyl sites for hydroxylation is 1. The van der Waals surface area contributed by atoms with Crippen molar-refractivity contribution < 1.29 is 14.3 Å². The standard InChI is InChI=1S/C16H22N4O3/c1-3-22-10-11-23-9-8-17-16(21)14-4-6-15(7-5-14)20-12-18-19-13(20)2/h4-7,12H,3,8-11H2,1-2H3,(H,17,21). The minimum Gasteiger partial charge on any atom is -0.379 e. The summed E-state index contributed by atoms with van der Waals surface area (Å²) in [5.41, 5.74) is 1.53. The summed E-state index contributed by atoms with van der Waals surface area (Å²) in [4.78, 5) is 12.0. The van der Waals surface area contributed by atoms with Gasteiger partial charge in [-0.3, -0.25) is 9.36 Å². The summed E-state index contributed by atoms with van der Waals surface area (Å²) in [6.45, 7) is 6.55. The van der Waals surface area contributed by atoms with E-state index in [1.807, 2.05) is 30.5 Å². The molecule has 1 heterocycles. The minimum atomic E-state index is -0.120. The fourth-order valence-electron chi connectivity index (χ4n) is 2.02. The van der Waals surface area contributed by atoms with E-state index in [1.54, 1.807) is 18.5 Å². The van der Waals surface area contributed by atoms with Crippen LogP contribution < -0.4 is 5.32 Å². The van der Waals surface area contributed by atoms with E-state index >= 15 is 0 Å². The summed E-state index contributed by atoms with van der Waals surface area (Å²) >= 11 is 0. The van der Waals surface area contributed by atoms with Gasteiger partial charge < -0.3 is 14.8 Å². The molecule has 1 aromatic heterocycles. The van der Waals surface area contributed by atoms with E-state index in [0.717, 1.165) is 11.5 Å². The Labute approximate surface area is 135 Å². The molecule has 0 aliphatic carbocycles. The highest BCUT2D eigenvalue weighted by Gasteiger charge is 2.06. The van der Waals surface area contributed by atoms with Gasteiger partial charge in [0.1, 0.15) is 12.2 Å². The summed E-state index contributed by atoms with van der Waals surface area (Å²) in [5.74, 6) is 0.678. The van der Waals surface area contributed by atoms with Crippen LogP contribution >= 0.6 is 0 Å². The molecule has 7 heteroatoms. The number of nitrogens with zero attached hydrogens (tertiary/aromatic N) is 3. The number of hydrogen-bond acceptors (Lipinski definition) is 5. The van der Waals surface area contributed by atoms with Gasteiger partial charge in [-0.2, -0.15) is 0 Å². The van der Waals surface area contributed by atoms with Crippen LogP contribution in [0.15, 0.2) is 30.6 Å². The third-order valence-corrected chi connectivity index (χ3v) is 3.23.